The summed E-state index contributed by atoms with van der Waals surface area (Å²) < 4.78 is 1.79. The second kappa shape index (κ2) is 3.83. The summed E-state index contributed by atoms with van der Waals surface area (Å²) >= 11 is 11.6. The molecule has 2 rings (SSSR count). The molecule has 5 heteroatoms. The molecule has 0 amide bonds. The lowest BCUT2D eigenvalue weighted by molar-refractivity contribution is 0.831. The number of aryl methyl sites for hydroxylation is 2. The van der Waals surface area contributed by atoms with Crippen molar-refractivity contribution in [3.8, 4) is 5.69 Å². The maximum absolute atomic E-state index is 5.82. The molecular weight excluding hydrogens is 233 g/mol. The van der Waals surface area contributed by atoms with E-state index in [0.29, 0.717) is 10.3 Å². The van der Waals surface area contributed by atoms with Crippen LogP contribution < -0.4 is 0 Å². The summed E-state index contributed by atoms with van der Waals surface area (Å²) in [5.41, 5.74) is 2.81. The minimum atomic E-state index is 0.366. The molecule has 0 aromatic carbocycles. The Labute approximate surface area is 97.7 Å². The lowest BCUT2D eigenvalue weighted by atomic mass is 10.3. The molecule has 0 fully saturated rings. The molecule has 78 valence electrons. The van der Waals surface area contributed by atoms with E-state index in [9.17, 15) is 0 Å². The Bertz CT molecular complexity index is 485. The van der Waals surface area contributed by atoms with Crippen molar-refractivity contribution in [3.63, 3.8) is 0 Å². The van der Waals surface area contributed by atoms with Gasteiger partial charge in [0.1, 0.15) is 10.3 Å². The van der Waals surface area contributed by atoms with Crippen molar-refractivity contribution in [3.05, 3.63) is 39.9 Å². The van der Waals surface area contributed by atoms with Crippen LogP contribution in [0.1, 0.15) is 11.4 Å². The molecule has 0 saturated carbocycles. The van der Waals surface area contributed by atoms with Gasteiger partial charge in [-0.3, -0.25) is 0 Å². The Kier molecular flexibility index (Phi) is 2.67. The Morgan fingerprint density at radius 3 is 2.13 bits per heavy atom. The van der Waals surface area contributed by atoms with Gasteiger partial charge in [0.25, 0.3) is 0 Å². The van der Waals surface area contributed by atoms with Crippen LogP contribution in [0, 0.1) is 13.8 Å². The molecule has 0 atom stereocenters. The average molecular weight is 242 g/mol. The third kappa shape index (κ3) is 2.13. The van der Waals surface area contributed by atoms with Gasteiger partial charge in [-0.1, -0.05) is 23.2 Å². The van der Waals surface area contributed by atoms with Crippen LogP contribution in [0.25, 0.3) is 5.69 Å². The molecule has 0 aliphatic rings. The zero-order valence-electron chi connectivity index (χ0n) is 8.33. The highest BCUT2D eigenvalue weighted by molar-refractivity contribution is 6.32. The van der Waals surface area contributed by atoms with Crippen molar-refractivity contribution in [2.45, 2.75) is 13.8 Å². The maximum Gasteiger partial charge on any atom is 0.132 e. The molecule has 0 N–H and O–H groups in total. The smallest absolute Gasteiger partial charge is 0.132 e. The van der Waals surface area contributed by atoms with Crippen molar-refractivity contribution in [2.24, 2.45) is 0 Å². The second-order valence-corrected chi connectivity index (χ2v) is 4.08. The van der Waals surface area contributed by atoms with E-state index in [2.05, 4.69) is 10.1 Å². The number of hydrogen-bond acceptors (Lipinski definition) is 2. The van der Waals surface area contributed by atoms with Crippen LogP contribution in [0.4, 0.5) is 0 Å². The summed E-state index contributed by atoms with van der Waals surface area (Å²) in [7, 11) is 0. The largest absolute Gasteiger partial charge is 0.238 e. The van der Waals surface area contributed by atoms with Gasteiger partial charge in [0, 0.05) is 17.8 Å². The van der Waals surface area contributed by atoms with Crippen LogP contribution in [-0.4, -0.2) is 14.8 Å². The van der Waals surface area contributed by atoms with E-state index in [1.807, 2.05) is 19.9 Å². The second-order valence-electron chi connectivity index (χ2n) is 3.31. The first-order valence-electron chi connectivity index (χ1n) is 4.43. The van der Waals surface area contributed by atoms with Gasteiger partial charge >= 0.3 is 0 Å². The molecule has 3 nitrogen and oxygen atoms in total. The highest BCUT2D eigenvalue weighted by Crippen LogP contribution is 2.19. The van der Waals surface area contributed by atoms with Crippen LogP contribution in [0.3, 0.4) is 0 Å². The molecule has 0 unspecified atom stereocenters. The lowest BCUT2D eigenvalue weighted by Gasteiger charge is -2.04. The first-order chi connectivity index (χ1) is 7.06. The molecule has 0 aliphatic carbocycles. The third-order valence-electron chi connectivity index (χ3n) is 2.00. The van der Waals surface area contributed by atoms with Crippen LogP contribution in [0.15, 0.2) is 18.2 Å². The molecule has 0 spiro atoms. The minimum absolute atomic E-state index is 0.366. The topological polar surface area (TPSA) is 30.7 Å². The molecular formula is C10H9Cl2N3. The summed E-state index contributed by atoms with van der Waals surface area (Å²) in [6.45, 7) is 3.91. The van der Waals surface area contributed by atoms with E-state index < -0.39 is 0 Å². The number of pyridine rings is 1. The highest BCUT2D eigenvalue weighted by atomic mass is 35.5. The molecule has 0 saturated heterocycles. The van der Waals surface area contributed by atoms with E-state index in [4.69, 9.17) is 23.2 Å². The molecule has 0 radical (unpaired) electrons. The first kappa shape index (κ1) is 10.5. The third-order valence-corrected chi connectivity index (χ3v) is 2.39. The van der Waals surface area contributed by atoms with Crippen LogP contribution in [-0.2, 0) is 0 Å². The fourth-order valence-corrected chi connectivity index (χ4v) is 1.91. The van der Waals surface area contributed by atoms with Gasteiger partial charge in [-0.25, -0.2) is 9.67 Å². The van der Waals surface area contributed by atoms with Crippen molar-refractivity contribution < 1.29 is 0 Å². The van der Waals surface area contributed by atoms with Crippen LogP contribution in [0.2, 0.25) is 10.3 Å². The molecule has 0 aliphatic heterocycles. The summed E-state index contributed by atoms with van der Waals surface area (Å²) in [6.07, 6.45) is 0. The van der Waals surface area contributed by atoms with E-state index in [0.717, 1.165) is 17.1 Å². The SMILES string of the molecule is Cc1cc(C)n(-c2cc(Cl)nc(Cl)c2)n1. The minimum Gasteiger partial charge on any atom is -0.238 e. The van der Waals surface area contributed by atoms with Crippen molar-refractivity contribution in [2.75, 3.05) is 0 Å². The summed E-state index contributed by atoms with van der Waals surface area (Å²) in [4.78, 5) is 3.89. The van der Waals surface area contributed by atoms with Crippen molar-refractivity contribution >= 4 is 23.2 Å². The van der Waals surface area contributed by atoms with Crippen molar-refractivity contribution in [1.82, 2.24) is 14.8 Å². The van der Waals surface area contributed by atoms with Crippen molar-refractivity contribution in [1.29, 1.82) is 0 Å². The summed E-state index contributed by atoms with van der Waals surface area (Å²) in [6, 6.07) is 5.45. The maximum atomic E-state index is 5.82. The fourth-order valence-electron chi connectivity index (χ4n) is 1.46. The zero-order valence-corrected chi connectivity index (χ0v) is 9.84. The standard InChI is InChI=1S/C10H9Cl2N3/c1-6-3-7(2)15(14-6)8-4-9(11)13-10(12)5-8/h3-5H,1-2H3. The number of hydrogen-bond donors (Lipinski definition) is 0. The quantitative estimate of drug-likeness (QED) is 0.719. The molecule has 2 heterocycles. The van der Waals surface area contributed by atoms with Crippen LogP contribution in [0.5, 0.6) is 0 Å². The zero-order chi connectivity index (χ0) is 11.0. The monoisotopic (exact) mass is 241 g/mol. The van der Waals surface area contributed by atoms with Gasteiger partial charge in [-0.05, 0) is 19.9 Å². The van der Waals surface area contributed by atoms with E-state index in [1.54, 1.807) is 16.8 Å². The Balaban J connectivity index is 2.58. The van der Waals surface area contributed by atoms with E-state index in [-0.39, 0.29) is 0 Å². The number of aromatic nitrogens is 3. The Morgan fingerprint density at radius 1 is 1.07 bits per heavy atom. The van der Waals surface area contributed by atoms with Gasteiger partial charge in [0.2, 0.25) is 0 Å². The van der Waals surface area contributed by atoms with E-state index in [1.165, 1.54) is 0 Å². The lowest BCUT2D eigenvalue weighted by Crippen LogP contribution is -1.99. The first-order valence-corrected chi connectivity index (χ1v) is 5.18. The normalized spacial score (nSPS) is 10.7. The molecule has 15 heavy (non-hydrogen) atoms. The Hall–Kier alpha value is -1.06. The molecule has 0 bridgehead atoms. The van der Waals surface area contributed by atoms with Gasteiger partial charge in [-0.15, -0.1) is 0 Å². The highest BCUT2D eigenvalue weighted by Gasteiger charge is 2.06. The number of rotatable bonds is 1. The van der Waals surface area contributed by atoms with E-state index >= 15 is 0 Å². The molecule has 2 aromatic heterocycles. The van der Waals surface area contributed by atoms with Gasteiger partial charge < -0.3 is 0 Å². The predicted molar refractivity (Wildman–Crippen MR) is 60.9 cm³/mol. The van der Waals surface area contributed by atoms with Gasteiger partial charge in [0.05, 0.1) is 11.4 Å². The average Bonchev–Trinajstić information content (AvgIpc) is 2.43. The fraction of sp³-hybridized carbons (Fsp3) is 0.200. The summed E-state index contributed by atoms with van der Waals surface area (Å²) in [5, 5.41) is 5.07. The predicted octanol–water partition coefficient (Wildman–Crippen LogP) is 3.19. The van der Waals surface area contributed by atoms with Crippen LogP contribution >= 0.6 is 23.2 Å². The Morgan fingerprint density at radius 2 is 1.67 bits per heavy atom. The number of nitrogens with zero attached hydrogens (tertiary/aromatic N) is 3. The van der Waals surface area contributed by atoms with Gasteiger partial charge in [0.15, 0.2) is 0 Å². The number of halogens is 2. The summed E-state index contributed by atoms with van der Waals surface area (Å²) in [5.74, 6) is 0. The van der Waals surface area contributed by atoms with Gasteiger partial charge in [-0.2, -0.15) is 5.10 Å². The molecule has 2 aromatic rings.